The summed E-state index contributed by atoms with van der Waals surface area (Å²) in [7, 11) is 1.40. The summed E-state index contributed by atoms with van der Waals surface area (Å²) in [4.78, 5) is 12.1. The molecule has 0 spiro atoms. The molecule has 0 N–H and O–H groups in total. The number of methoxy groups -OCH3 is 1. The lowest BCUT2D eigenvalue weighted by Crippen LogP contribution is -2.10. The Labute approximate surface area is 104 Å². The van der Waals surface area contributed by atoms with Crippen molar-refractivity contribution in [3.05, 3.63) is 4.88 Å². The summed E-state index contributed by atoms with van der Waals surface area (Å²) in [5, 5.41) is 5.02. The monoisotopic (exact) mass is 260 g/mol. The number of hydrogen-bond acceptors (Lipinski definition) is 6. The Hall–Kier alpha value is -0.620. The minimum absolute atomic E-state index is 0.0573. The van der Waals surface area contributed by atoms with Gasteiger partial charge in [0.05, 0.1) is 18.4 Å². The normalized spacial score (nSPS) is 11.5. The van der Waals surface area contributed by atoms with Crippen molar-refractivity contribution in [1.82, 2.24) is 9.59 Å². The maximum Gasteiger partial charge on any atom is 0.306 e. The third kappa shape index (κ3) is 3.75. The van der Waals surface area contributed by atoms with E-state index in [1.54, 1.807) is 11.8 Å². The number of thioether (sulfide) groups is 1. The van der Waals surface area contributed by atoms with Gasteiger partial charge in [0.2, 0.25) is 0 Å². The highest BCUT2D eigenvalue weighted by Gasteiger charge is 2.22. The molecule has 0 unspecified atom stereocenters. The molecule has 0 bridgehead atoms. The fourth-order valence-electron chi connectivity index (χ4n) is 1.07. The first-order chi connectivity index (χ1) is 7.45. The molecule has 0 saturated carbocycles. The Balaban J connectivity index is 2.55. The molecule has 0 fully saturated rings. The van der Waals surface area contributed by atoms with E-state index in [-0.39, 0.29) is 11.4 Å². The highest BCUT2D eigenvalue weighted by molar-refractivity contribution is 7.99. The van der Waals surface area contributed by atoms with Gasteiger partial charge in [0.15, 0.2) is 0 Å². The topological polar surface area (TPSA) is 52.1 Å². The van der Waals surface area contributed by atoms with Crippen LogP contribution in [0.2, 0.25) is 0 Å². The van der Waals surface area contributed by atoms with Crippen LogP contribution in [0.4, 0.5) is 0 Å². The van der Waals surface area contributed by atoms with E-state index < -0.39 is 0 Å². The molecule has 16 heavy (non-hydrogen) atoms. The minimum Gasteiger partial charge on any atom is -0.469 e. The van der Waals surface area contributed by atoms with Crippen molar-refractivity contribution in [2.45, 2.75) is 37.6 Å². The largest absolute Gasteiger partial charge is 0.469 e. The Morgan fingerprint density at radius 2 is 2.19 bits per heavy atom. The van der Waals surface area contributed by atoms with Crippen LogP contribution in [0, 0.1) is 0 Å². The summed E-state index contributed by atoms with van der Waals surface area (Å²) < 4.78 is 8.54. The molecule has 0 atom stereocenters. The molecular formula is C10H16N2O2S2. The van der Waals surface area contributed by atoms with E-state index in [4.69, 9.17) is 0 Å². The van der Waals surface area contributed by atoms with Gasteiger partial charge in [-0.05, 0) is 11.5 Å². The van der Waals surface area contributed by atoms with E-state index in [0.29, 0.717) is 12.2 Å². The second-order valence-corrected chi connectivity index (χ2v) is 6.17. The molecule has 0 amide bonds. The SMILES string of the molecule is COC(=O)CCSc1nnsc1C(C)(C)C. The fourth-order valence-corrected chi connectivity index (χ4v) is 3.00. The first kappa shape index (κ1) is 13.4. The first-order valence-corrected chi connectivity index (χ1v) is 6.73. The van der Waals surface area contributed by atoms with E-state index in [9.17, 15) is 4.79 Å². The summed E-state index contributed by atoms with van der Waals surface area (Å²) in [5.74, 6) is 0.495. The standard InChI is InChI=1S/C10H16N2O2S2/c1-10(2,3)8-9(11-12-16-8)15-6-5-7(13)14-4/h5-6H2,1-4H3. The van der Waals surface area contributed by atoms with Crippen LogP contribution in [-0.2, 0) is 14.9 Å². The number of carbonyl (C=O) groups excluding carboxylic acids is 1. The number of hydrogen-bond donors (Lipinski definition) is 0. The van der Waals surface area contributed by atoms with Crippen LogP contribution in [0.1, 0.15) is 32.1 Å². The molecule has 1 aromatic rings. The van der Waals surface area contributed by atoms with Crippen LogP contribution in [0.5, 0.6) is 0 Å². The van der Waals surface area contributed by atoms with E-state index in [1.807, 2.05) is 0 Å². The number of rotatable bonds is 4. The van der Waals surface area contributed by atoms with Crippen molar-refractivity contribution in [2.24, 2.45) is 0 Å². The molecule has 0 radical (unpaired) electrons. The van der Waals surface area contributed by atoms with Crippen LogP contribution >= 0.6 is 23.3 Å². The van der Waals surface area contributed by atoms with Crippen LogP contribution in [0.25, 0.3) is 0 Å². The van der Waals surface area contributed by atoms with Crippen LogP contribution in [-0.4, -0.2) is 28.4 Å². The van der Waals surface area contributed by atoms with Gasteiger partial charge in [0, 0.05) is 11.2 Å². The summed E-state index contributed by atoms with van der Waals surface area (Å²) in [6, 6.07) is 0. The number of nitrogens with zero attached hydrogens (tertiary/aromatic N) is 2. The zero-order chi connectivity index (χ0) is 12.2. The van der Waals surface area contributed by atoms with E-state index in [2.05, 4.69) is 35.1 Å². The molecule has 0 aromatic carbocycles. The van der Waals surface area contributed by atoms with E-state index in [0.717, 1.165) is 5.03 Å². The van der Waals surface area contributed by atoms with Crippen molar-refractivity contribution in [3.8, 4) is 0 Å². The van der Waals surface area contributed by atoms with Crippen molar-refractivity contribution >= 4 is 29.3 Å². The van der Waals surface area contributed by atoms with Crippen molar-refractivity contribution in [3.63, 3.8) is 0 Å². The van der Waals surface area contributed by atoms with Gasteiger partial charge < -0.3 is 4.74 Å². The second kappa shape index (κ2) is 5.63. The molecule has 0 aliphatic heterocycles. The number of esters is 1. The van der Waals surface area contributed by atoms with Gasteiger partial charge in [0.25, 0.3) is 0 Å². The summed E-state index contributed by atoms with van der Waals surface area (Å²) in [5.41, 5.74) is 0.0573. The lowest BCUT2D eigenvalue weighted by atomic mass is 9.95. The smallest absolute Gasteiger partial charge is 0.306 e. The van der Waals surface area contributed by atoms with E-state index in [1.165, 1.54) is 23.5 Å². The molecular weight excluding hydrogens is 244 g/mol. The van der Waals surface area contributed by atoms with E-state index >= 15 is 0 Å². The molecule has 4 nitrogen and oxygen atoms in total. The van der Waals surface area contributed by atoms with Crippen LogP contribution in [0.3, 0.4) is 0 Å². The van der Waals surface area contributed by atoms with Gasteiger partial charge in [0.1, 0.15) is 5.03 Å². The van der Waals surface area contributed by atoms with Gasteiger partial charge >= 0.3 is 5.97 Å². The van der Waals surface area contributed by atoms with Gasteiger partial charge in [-0.1, -0.05) is 25.3 Å². The number of aromatic nitrogens is 2. The molecule has 1 rings (SSSR count). The van der Waals surface area contributed by atoms with Crippen molar-refractivity contribution < 1.29 is 9.53 Å². The summed E-state index contributed by atoms with van der Waals surface area (Å²) >= 11 is 2.98. The maximum atomic E-state index is 11.0. The second-order valence-electron chi connectivity index (χ2n) is 4.33. The predicted molar refractivity (Wildman–Crippen MR) is 66.0 cm³/mol. The number of ether oxygens (including phenoxy) is 1. The predicted octanol–water partition coefficient (Wildman–Crippen LogP) is 2.49. The summed E-state index contributed by atoms with van der Waals surface area (Å²) in [6.45, 7) is 6.39. The molecule has 1 heterocycles. The Bertz CT molecular complexity index is 358. The van der Waals surface area contributed by atoms with Gasteiger partial charge in [-0.3, -0.25) is 4.79 Å². The third-order valence-corrected chi connectivity index (χ3v) is 4.16. The zero-order valence-corrected chi connectivity index (χ0v) is 11.6. The fraction of sp³-hybridized carbons (Fsp3) is 0.700. The average Bonchev–Trinajstić information content (AvgIpc) is 2.65. The Morgan fingerprint density at radius 1 is 1.50 bits per heavy atom. The number of carbonyl (C=O) groups is 1. The molecule has 1 aromatic heterocycles. The first-order valence-electron chi connectivity index (χ1n) is 4.97. The summed E-state index contributed by atoms with van der Waals surface area (Å²) in [6.07, 6.45) is 0.405. The average molecular weight is 260 g/mol. The van der Waals surface area contributed by atoms with Gasteiger partial charge in [-0.25, -0.2) is 0 Å². The van der Waals surface area contributed by atoms with Crippen LogP contribution < -0.4 is 0 Å². The van der Waals surface area contributed by atoms with Crippen molar-refractivity contribution in [2.75, 3.05) is 12.9 Å². The van der Waals surface area contributed by atoms with Gasteiger partial charge in [-0.15, -0.1) is 16.9 Å². The zero-order valence-electron chi connectivity index (χ0n) is 9.94. The minimum atomic E-state index is -0.187. The molecule has 6 heteroatoms. The lowest BCUT2D eigenvalue weighted by molar-refractivity contribution is -0.140. The molecule has 90 valence electrons. The van der Waals surface area contributed by atoms with Crippen LogP contribution in [0.15, 0.2) is 5.03 Å². The maximum absolute atomic E-state index is 11.0. The molecule has 0 saturated heterocycles. The molecule has 0 aliphatic carbocycles. The van der Waals surface area contributed by atoms with Gasteiger partial charge in [-0.2, -0.15) is 0 Å². The quantitative estimate of drug-likeness (QED) is 0.615. The Morgan fingerprint density at radius 3 is 2.75 bits per heavy atom. The lowest BCUT2D eigenvalue weighted by Gasteiger charge is -2.16. The highest BCUT2D eigenvalue weighted by Crippen LogP contribution is 2.33. The van der Waals surface area contributed by atoms with Crippen molar-refractivity contribution in [1.29, 1.82) is 0 Å². The Kier molecular flexibility index (Phi) is 4.73. The highest BCUT2D eigenvalue weighted by atomic mass is 32.2. The third-order valence-electron chi connectivity index (χ3n) is 1.91. The molecule has 0 aliphatic rings.